The van der Waals surface area contributed by atoms with Crippen LogP contribution in [0.4, 0.5) is 5.69 Å². The van der Waals surface area contributed by atoms with Gasteiger partial charge >= 0.3 is 0 Å². The van der Waals surface area contributed by atoms with Gasteiger partial charge in [0.2, 0.25) is 0 Å². The first-order valence-electron chi connectivity index (χ1n) is 7.24. The van der Waals surface area contributed by atoms with E-state index in [1.54, 1.807) is 6.20 Å². The van der Waals surface area contributed by atoms with Gasteiger partial charge < -0.3 is 10.1 Å². The van der Waals surface area contributed by atoms with Gasteiger partial charge in [-0.1, -0.05) is 0 Å². The second-order valence-corrected chi connectivity index (χ2v) is 6.23. The molecule has 1 aliphatic rings. The molecule has 0 spiro atoms. The Morgan fingerprint density at radius 2 is 2.43 bits per heavy atom. The number of aromatic nitrogens is 2. The minimum atomic E-state index is -0.0806. The molecular weight excluding hydrogens is 286 g/mol. The Morgan fingerprint density at radius 1 is 1.57 bits per heavy atom. The summed E-state index contributed by atoms with van der Waals surface area (Å²) in [6.45, 7) is 5.60. The van der Waals surface area contributed by atoms with E-state index in [0.29, 0.717) is 4.88 Å². The molecule has 1 N–H and O–H groups in total. The molecule has 6 heteroatoms. The SMILES string of the molecule is CCn1ncc(NC(=O)c2ccc(C3CCCO3)s2)c1C. The summed E-state index contributed by atoms with van der Waals surface area (Å²) in [5.41, 5.74) is 1.75. The molecule has 0 radical (unpaired) electrons. The molecule has 5 nitrogen and oxygen atoms in total. The number of nitrogens with one attached hydrogen (secondary N) is 1. The van der Waals surface area contributed by atoms with Gasteiger partial charge in [0.05, 0.1) is 28.6 Å². The summed E-state index contributed by atoms with van der Waals surface area (Å²) in [5, 5.41) is 7.17. The fourth-order valence-electron chi connectivity index (χ4n) is 2.52. The molecule has 2 aromatic heterocycles. The molecule has 21 heavy (non-hydrogen) atoms. The molecule has 0 aliphatic carbocycles. The van der Waals surface area contributed by atoms with Gasteiger partial charge in [-0.05, 0) is 38.8 Å². The topological polar surface area (TPSA) is 56.2 Å². The minimum Gasteiger partial charge on any atom is -0.373 e. The fraction of sp³-hybridized carbons (Fsp3) is 0.467. The molecule has 1 fully saturated rings. The molecule has 3 heterocycles. The number of hydrogen-bond donors (Lipinski definition) is 1. The number of rotatable bonds is 4. The first-order chi connectivity index (χ1) is 10.2. The Labute approximate surface area is 127 Å². The summed E-state index contributed by atoms with van der Waals surface area (Å²) in [4.78, 5) is 14.2. The smallest absolute Gasteiger partial charge is 0.265 e. The van der Waals surface area contributed by atoms with E-state index in [-0.39, 0.29) is 12.0 Å². The number of ether oxygens (including phenoxy) is 1. The van der Waals surface area contributed by atoms with Crippen molar-refractivity contribution in [1.82, 2.24) is 9.78 Å². The van der Waals surface area contributed by atoms with Crippen LogP contribution in [-0.4, -0.2) is 22.3 Å². The van der Waals surface area contributed by atoms with E-state index in [2.05, 4.69) is 10.4 Å². The van der Waals surface area contributed by atoms with Crippen molar-refractivity contribution in [2.75, 3.05) is 11.9 Å². The number of nitrogens with zero attached hydrogens (tertiary/aromatic N) is 2. The van der Waals surface area contributed by atoms with Crippen molar-refractivity contribution in [1.29, 1.82) is 0 Å². The van der Waals surface area contributed by atoms with Gasteiger partial charge in [-0.2, -0.15) is 5.10 Å². The molecule has 1 aliphatic heterocycles. The highest BCUT2D eigenvalue weighted by atomic mass is 32.1. The average Bonchev–Trinajstić information content (AvgIpc) is 3.19. The third kappa shape index (κ3) is 2.87. The van der Waals surface area contributed by atoms with Crippen molar-refractivity contribution in [2.45, 2.75) is 39.3 Å². The van der Waals surface area contributed by atoms with E-state index in [4.69, 9.17) is 4.74 Å². The molecule has 1 saturated heterocycles. The number of amides is 1. The van der Waals surface area contributed by atoms with Crippen LogP contribution in [-0.2, 0) is 11.3 Å². The highest BCUT2D eigenvalue weighted by molar-refractivity contribution is 7.14. The third-order valence-electron chi connectivity index (χ3n) is 3.75. The normalized spacial score (nSPS) is 18.1. The minimum absolute atomic E-state index is 0.0806. The van der Waals surface area contributed by atoms with Crippen molar-refractivity contribution in [3.63, 3.8) is 0 Å². The van der Waals surface area contributed by atoms with Gasteiger partial charge in [-0.25, -0.2) is 0 Å². The maximum absolute atomic E-state index is 12.3. The second kappa shape index (κ2) is 5.99. The van der Waals surface area contributed by atoms with Crippen LogP contribution < -0.4 is 5.32 Å². The van der Waals surface area contributed by atoms with E-state index in [0.717, 1.165) is 42.3 Å². The van der Waals surface area contributed by atoms with Gasteiger partial charge in [0.1, 0.15) is 0 Å². The Balaban J connectivity index is 1.71. The zero-order valence-electron chi connectivity index (χ0n) is 12.3. The summed E-state index contributed by atoms with van der Waals surface area (Å²) >= 11 is 1.51. The summed E-state index contributed by atoms with van der Waals surface area (Å²) < 4.78 is 7.52. The maximum Gasteiger partial charge on any atom is 0.265 e. The largest absolute Gasteiger partial charge is 0.373 e. The van der Waals surface area contributed by atoms with Crippen LogP contribution in [0.2, 0.25) is 0 Å². The molecule has 0 saturated carbocycles. The predicted molar refractivity (Wildman–Crippen MR) is 82.8 cm³/mol. The average molecular weight is 305 g/mol. The van der Waals surface area contributed by atoms with Crippen LogP contribution in [0.3, 0.4) is 0 Å². The van der Waals surface area contributed by atoms with Crippen molar-refractivity contribution in [3.8, 4) is 0 Å². The fourth-order valence-corrected chi connectivity index (χ4v) is 3.51. The monoisotopic (exact) mass is 305 g/mol. The van der Waals surface area contributed by atoms with E-state index in [1.165, 1.54) is 11.3 Å². The Hall–Kier alpha value is -1.66. The lowest BCUT2D eigenvalue weighted by atomic mass is 10.2. The molecular formula is C15H19N3O2S. The Morgan fingerprint density at radius 3 is 3.10 bits per heavy atom. The quantitative estimate of drug-likeness (QED) is 0.942. The number of carbonyl (C=O) groups is 1. The van der Waals surface area contributed by atoms with Crippen LogP contribution in [0, 0.1) is 6.92 Å². The summed E-state index contributed by atoms with van der Waals surface area (Å²) in [5.74, 6) is -0.0806. The number of thiophene rings is 1. The van der Waals surface area contributed by atoms with Gasteiger partial charge in [0.15, 0.2) is 0 Å². The first-order valence-corrected chi connectivity index (χ1v) is 8.05. The van der Waals surface area contributed by atoms with Crippen molar-refractivity contribution >= 4 is 22.9 Å². The molecule has 112 valence electrons. The molecule has 2 aromatic rings. The van der Waals surface area contributed by atoms with Crippen LogP contribution in [0.5, 0.6) is 0 Å². The highest BCUT2D eigenvalue weighted by Crippen LogP contribution is 2.33. The van der Waals surface area contributed by atoms with Crippen LogP contribution in [0.1, 0.15) is 46.1 Å². The van der Waals surface area contributed by atoms with Crippen LogP contribution in [0.25, 0.3) is 0 Å². The lowest BCUT2D eigenvalue weighted by Gasteiger charge is -2.05. The maximum atomic E-state index is 12.3. The van der Waals surface area contributed by atoms with Crippen molar-refractivity contribution < 1.29 is 9.53 Å². The van der Waals surface area contributed by atoms with E-state index in [9.17, 15) is 4.79 Å². The van der Waals surface area contributed by atoms with E-state index >= 15 is 0 Å². The van der Waals surface area contributed by atoms with Gasteiger partial charge in [0.25, 0.3) is 5.91 Å². The molecule has 0 bridgehead atoms. The van der Waals surface area contributed by atoms with Gasteiger partial charge in [-0.3, -0.25) is 9.48 Å². The van der Waals surface area contributed by atoms with Crippen LogP contribution in [0.15, 0.2) is 18.3 Å². The number of aryl methyl sites for hydroxylation is 1. The van der Waals surface area contributed by atoms with Gasteiger partial charge in [0, 0.05) is 18.0 Å². The molecule has 3 rings (SSSR count). The van der Waals surface area contributed by atoms with Gasteiger partial charge in [-0.15, -0.1) is 11.3 Å². The molecule has 0 aromatic carbocycles. The number of anilines is 1. The standard InChI is InChI=1S/C15H19N3O2S/c1-3-18-10(2)11(9-16-18)17-15(19)14-7-6-13(21-14)12-5-4-8-20-12/h6-7,9,12H,3-5,8H2,1-2H3,(H,17,19). The van der Waals surface area contributed by atoms with Crippen molar-refractivity contribution in [3.05, 3.63) is 33.8 Å². The second-order valence-electron chi connectivity index (χ2n) is 5.12. The first kappa shape index (κ1) is 14.3. The summed E-state index contributed by atoms with van der Waals surface area (Å²) in [6.07, 6.45) is 4.01. The number of hydrogen-bond acceptors (Lipinski definition) is 4. The number of carbonyl (C=O) groups excluding carboxylic acids is 1. The third-order valence-corrected chi connectivity index (χ3v) is 4.92. The molecule has 1 unspecified atom stereocenters. The Bertz CT molecular complexity index is 641. The summed E-state index contributed by atoms with van der Waals surface area (Å²) in [7, 11) is 0. The van der Waals surface area contributed by atoms with Crippen molar-refractivity contribution in [2.24, 2.45) is 0 Å². The highest BCUT2D eigenvalue weighted by Gasteiger charge is 2.21. The predicted octanol–water partition coefficient (Wildman–Crippen LogP) is 3.38. The zero-order valence-corrected chi connectivity index (χ0v) is 13.1. The zero-order chi connectivity index (χ0) is 14.8. The summed E-state index contributed by atoms with van der Waals surface area (Å²) in [6, 6.07) is 3.87. The molecule has 1 amide bonds. The van der Waals surface area contributed by atoms with Crippen LogP contribution >= 0.6 is 11.3 Å². The molecule has 1 atom stereocenters. The van der Waals surface area contributed by atoms with E-state index in [1.807, 2.05) is 30.7 Å². The lowest BCUT2D eigenvalue weighted by molar-refractivity contribution is 0.103. The lowest BCUT2D eigenvalue weighted by Crippen LogP contribution is -2.11. The van der Waals surface area contributed by atoms with E-state index < -0.39 is 0 Å². The Kier molecular flexibility index (Phi) is 4.07.